The first-order valence-electron chi connectivity index (χ1n) is 8.70. The van der Waals surface area contributed by atoms with Crippen molar-refractivity contribution in [2.45, 2.75) is 17.7 Å². The number of imide groups is 1. The number of anilines is 1. The number of hydrogen-bond donors (Lipinski definition) is 0. The summed E-state index contributed by atoms with van der Waals surface area (Å²) in [6.45, 7) is 0. The lowest BCUT2D eigenvalue weighted by Gasteiger charge is -2.16. The zero-order chi connectivity index (χ0) is 19.9. The van der Waals surface area contributed by atoms with Crippen LogP contribution >= 0.6 is 15.9 Å². The highest BCUT2D eigenvalue weighted by Crippen LogP contribution is 2.38. The van der Waals surface area contributed by atoms with E-state index >= 15 is 0 Å². The van der Waals surface area contributed by atoms with Crippen molar-refractivity contribution in [2.75, 3.05) is 4.90 Å². The third kappa shape index (κ3) is 3.38. The average molecular weight is 462 g/mol. The van der Waals surface area contributed by atoms with Gasteiger partial charge < -0.3 is 4.18 Å². The molecule has 2 aromatic rings. The lowest BCUT2D eigenvalue weighted by molar-refractivity contribution is -0.122. The van der Waals surface area contributed by atoms with Crippen LogP contribution in [-0.2, 0) is 19.7 Å². The molecule has 144 valence electrons. The summed E-state index contributed by atoms with van der Waals surface area (Å²) in [5.41, 5.74) is 0.313. The fourth-order valence-electron chi connectivity index (χ4n) is 3.51. The van der Waals surface area contributed by atoms with E-state index in [1.165, 1.54) is 24.3 Å². The van der Waals surface area contributed by atoms with E-state index in [2.05, 4.69) is 15.9 Å². The zero-order valence-corrected chi connectivity index (χ0v) is 17.0. The Morgan fingerprint density at radius 2 is 1.54 bits per heavy atom. The third-order valence-electron chi connectivity index (χ3n) is 4.89. The van der Waals surface area contributed by atoms with E-state index in [1.807, 2.05) is 12.2 Å². The molecule has 1 aliphatic carbocycles. The van der Waals surface area contributed by atoms with Gasteiger partial charge in [-0.15, -0.1) is 0 Å². The number of benzene rings is 2. The van der Waals surface area contributed by atoms with Crippen LogP contribution in [0.2, 0.25) is 0 Å². The number of carbonyl (C=O) groups excluding carboxylic acids is 2. The molecule has 2 amide bonds. The van der Waals surface area contributed by atoms with E-state index in [0.29, 0.717) is 18.5 Å². The van der Waals surface area contributed by atoms with Crippen LogP contribution in [0.1, 0.15) is 12.8 Å². The smallest absolute Gasteiger partial charge is 0.339 e. The van der Waals surface area contributed by atoms with Gasteiger partial charge in [-0.3, -0.25) is 9.59 Å². The molecule has 28 heavy (non-hydrogen) atoms. The first kappa shape index (κ1) is 18.9. The lowest BCUT2D eigenvalue weighted by atomic mass is 9.85. The minimum Gasteiger partial charge on any atom is -0.379 e. The molecule has 8 heteroatoms. The number of hydrogen-bond acceptors (Lipinski definition) is 5. The fraction of sp³-hybridized carbons (Fsp3) is 0.200. The van der Waals surface area contributed by atoms with Gasteiger partial charge in [0.05, 0.1) is 17.5 Å². The molecule has 1 heterocycles. The van der Waals surface area contributed by atoms with Crippen molar-refractivity contribution in [1.82, 2.24) is 0 Å². The highest BCUT2D eigenvalue weighted by molar-refractivity contribution is 9.10. The molecule has 2 aromatic carbocycles. The molecular formula is C20H16BrNO5S. The van der Waals surface area contributed by atoms with Gasteiger partial charge in [0.2, 0.25) is 11.8 Å². The number of carbonyl (C=O) groups is 2. The van der Waals surface area contributed by atoms with Gasteiger partial charge in [-0.1, -0.05) is 34.1 Å². The average Bonchev–Trinajstić information content (AvgIpc) is 2.93. The Hall–Kier alpha value is -2.45. The maximum absolute atomic E-state index is 12.7. The van der Waals surface area contributed by atoms with Crippen LogP contribution in [0.15, 0.2) is 70.1 Å². The summed E-state index contributed by atoms with van der Waals surface area (Å²) in [6.07, 6.45) is 4.92. The van der Waals surface area contributed by atoms with Crippen molar-refractivity contribution in [3.05, 3.63) is 65.2 Å². The van der Waals surface area contributed by atoms with Crippen LogP contribution in [0.4, 0.5) is 5.69 Å². The Morgan fingerprint density at radius 3 is 2.14 bits per heavy atom. The molecule has 0 spiro atoms. The summed E-state index contributed by atoms with van der Waals surface area (Å²) in [7, 11) is -4.04. The molecule has 2 aliphatic rings. The van der Waals surface area contributed by atoms with Gasteiger partial charge in [-0.25, -0.2) is 4.90 Å². The standard InChI is InChI=1S/C20H16BrNO5S/c21-13-8-10-16(11-9-13)28(25,26)27-15-5-3-4-14(12-15)22-19(23)17-6-1-2-7-18(17)20(22)24/h1-5,8-12,17-18H,6-7H2/t17-,18-/m0/s1. The Balaban J connectivity index is 1.61. The van der Waals surface area contributed by atoms with Gasteiger partial charge in [0.1, 0.15) is 10.6 Å². The molecule has 0 saturated carbocycles. The third-order valence-corrected chi connectivity index (χ3v) is 6.68. The minimum absolute atomic E-state index is 0.00604. The van der Waals surface area contributed by atoms with Gasteiger partial charge in [-0.2, -0.15) is 8.42 Å². The summed E-state index contributed by atoms with van der Waals surface area (Å²) >= 11 is 3.25. The fourth-order valence-corrected chi connectivity index (χ4v) is 4.69. The van der Waals surface area contributed by atoms with Gasteiger partial charge in [0.15, 0.2) is 0 Å². The summed E-state index contributed by atoms with van der Waals surface area (Å²) in [4.78, 5) is 26.6. The maximum atomic E-state index is 12.7. The van der Waals surface area contributed by atoms with Crippen LogP contribution in [0.3, 0.4) is 0 Å². The predicted molar refractivity (Wildman–Crippen MR) is 106 cm³/mol. The van der Waals surface area contributed by atoms with Crippen molar-refractivity contribution in [2.24, 2.45) is 11.8 Å². The molecule has 0 unspecified atom stereocenters. The number of allylic oxidation sites excluding steroid dienone is 2. The van der Waals surface area contributed by atoms with Gasteiger partial charge >= 0.3 is 10.1 Å². The molecule has 0 radical (unpaired) electrons. The molecular weight excluding hydrogens is 446 g/mol. The molecule has 0 N–H and O–H groups in total. The van der Waals surface area contributed by atoms with Gasteiger partial charge in [-0.05, 0) is 49.2 Å². The molecule has 1 fully saturated rings. The Labute approximate surface area is 171 Å². The van der Waals surface area contributed by atoms with E-state index < -0.39 is 10.1 Å². The summed E-state index contributed by atoms with van der Waals surface area (Å²) in [5, 5.41) is 0. The van der Waals surface area contributed by atoms with Crippen molar-refractivity contribution in [1.29, 1.82) is 0 Å². The molecule has 1 aliphatic heterocycles. The SMILES string of the molecule is O=C1[C@H]2CC=CC[C@@H]2C(=O)N1c1cccc(OS(=O)(=O)c2ccc(Br)cc2)c1. The van der Waals surface area contributed by atoms with E-state index in [0.717, 1.165) is 9.37 Å². The lowest BCUT2D eigenvalue weighted by Crippen LogP contribution is -2.30. The van der Waals surface area contributed by atoms with E-state index in [9.17, 15) is 18.0 Å². The Morgan fingerprint density at radius 1 is 0.929 bits per heavy atom. The van der Waals surface area contributed by atoms with Crippen LogP contribution in [0.5, 0.6) is 5.75 Å². The first-order valence-corrected chi connectivity index (χ1v) is 10.9. The van der Waals surface area contributed by atoms with Crippen molar-refractivity contribution < 1.29 is 22.2 Å². The normalized spacial score (nSPS) is 21.7. The van der Waals surface area contributed by atoms with Crippen LogP contribution in [0.25, 0.3) is 0 Å². The van der Waals surface area contributed by atoms with Gasteiger partial charge in [0, 0.05) is 10.5 Å². The molecule has 4 rings (SSSR count). The number of nitrogens with zero attached hydrogens (tertiary/aromatic N) is 1. The highest BCUT2D eigenvalue weighted by atomic mass is 79.9. The van der Waals surface area contributed by atoms with Crippen molar-refractivity contribution in [3.8, 4) is 5.75 Å². The molecule has 0 bridgehead atoms. The zero-order valence-electron chi connectivity index (χ0n) is 14.6. The van der Waals surface area contributed by atoms with E-state index in [-0.39, 0.29) is 34.3 Å². The first-order chi connectivity index (χ1) is 13.4. The molecule has 2 atom stereocenters. The second-order valence-corrected chi connectivity index (χ2v) is 9.12. The summed E-state index contributed by atoms with van der Waals surface area (Å²) in [6, 6.07) is 12.1. The molecule has 0 aromatic heterocycles. The number of halogens is 1. The maximum Gasteiger partial charge on any atom is 0.339 e. The second-order valence-electron chi connectivity index (χ2n) is 6.66. The van der Waals surface area contributed by atoms with Crippen molar-refractivity contribution >= 4 is 43.5 Å². The van der Waals surface area contributed by atoms with Crippen LogP contribution in [0, 0.1) is 11.8 Å². The minimum atomic E-state index is -4.04. The second kappa shape index (κ2) is 7.18. The number of amides is 2. The largest absolute Gasteiger partial charge is 0.379 e. The van der Waals surface area contributed by atoms with Crippen LogP contribution < -0.4 is 9.08 Å². The monoisotopic (exact) mass is 461 g/mol. The summed E-state index contributed by atoms with van der Waals surface area (Å²) in [5.74, 6) is -1.18. The van der Waals surface area contributed by atoms with E-state index in [4.69, 9.17) is 4.18 Å². The quantitative estimate of drug-likeness (QED) is 0.394. The highest BCUT2D eigenvalue weighted by Gasteiger charge is 2.47. The molecule has 6 nitrogen and oxygen atoms in total. The van der Waals surface area contributed by atoms with Gasteiger partial charge in [0.25, 0.3) is 0 Å². The topological polar surface area (TPSA) is 80.8 Å². The summed E-state index contributed by atoms with van der Waals surface area (Å²) < 4.78 is 30.9. The van der Waals surface area contributed by atoms with E-state index in [1.54, 1.807) is 24.3 Å². The number of rotatable bonds is 4. The Bertz CT molecular complexity index is 1050. The predicted octanol–water partition coefficient (Wildman–Crippen LogP) is 3.67. The van der Waals surface area contributed by atoms with Crippen LogP contribution in [-0.4, -0.2) is 20.2 Å². The van der Waals surface area contributed by atoms with Crippen molar-refractivity contribution in [3.63, 3.8) is 0 Å². The number of fused-ring (bicyclic) bond motifs is 1. The Kier molecular flexibility index (Phi) is 4.84. The molecule has 1 saturated heterocycles.